The maximum absolute atomic E-state index is 11.5. The average Bonchev–Trinajstić information content (AvgIpc) is 2.56. The van der Waals surface area contributed by atoms with E-state index in [1.54, 1.807) is 0 Å². The maximum atomic E-state index is 11.5. The molecule has 4 heteroatoms. The highest BCUT2D eigenvalue weighted by Crippen LogP contribution is 2.25. The maximum Gasteiger partial charge on any atom is 0.243 e. The highest BCUT2D eigenvalue weighted by molar-refractivity contribution is 5.87. The lowest BCUT2D eigenvalue weighted by atomic mass is 9.92. The lowest BCUT2D eigenvalue weighted by Gasteiger charge is -2.32. The number of nitrogens with one attached hydrogen (secondary N) is 1. The van der Waals surface area contributed by atoms with E-state index in [-0.39, 0.29) is 18.1 Å². The summed E-state index contributed by atoms with van der Waals surface area (Å²) in [7, 11) is 0. The molecule has 120 valence electrons. The molecule has 1 saturated carbocycles. The monoisotopic (exact) mass is 303 g/mol. The first-order valence-electron chi connectivity index (χ1n) is 8.05. The van der Waals surface area contributed by atoms with Crippen molar-refractivity contribution < 1.29 is 14.3 Å². The highest BCUT2D eigenvalue weighted by atomic mass is 16.5. The van der Waals surface area contributed by atoms with Crippen molar-refractivity contribution in [3.63, 3.8) is 0 Å². The van der Waals surface area contributed by atoms with Gasteiger partial charge in [0.1, 0.15) is 17.6 Å². The summed E-state index contributed by atoms with van der Waals surface area (Å²) < 4.78 is 11.6. The summed E-state index contributed by atoms with van der Waals surface area (Å²) in [4.78, 5) is 11.5. The van der Waals surface area contributed by atoms with Crippen molar-refractivity contribution in [2.24, 2.45) is 0 Å². The minimum absolute atomic E-state index is 0.0139. The van der Waals surface area contributed by atoms with Gasteiger partial charge in [-0.3, -0.25) is 4.79 Å². The molecule has 0 bridgehead atoms. The van der Waals surface area contributed by atoms with E-state index in [2.05, 4.69) is 18.8 Å². The first-order valence-corrected chi connectivity index (χ1v) is 8.05. The van der Waals surface area contributed by atoms with E-state index < -0.39 is 0 Å². The Morgan fingerprint density at radius 1 is 1.27 bits per heavy atom. The highest BCUT2D eigenvalue weighted by Gasteiger charge is 2.27. The molecular weight excluding hydrogens is 278 g/mol. The van der Waals surface area contributed by atoms with E-state index in [9.17, 15) is 4.79 Å². The number of benzene rings is 1. The molecule has 1 aromatic rings. The van der Waals surface area contributed by atoms with Crippen molar-refractivity contribution in [3.05, 3.63) is 36.9 Å². The number of hydrogen-bond acceptors (Lipinski definition) is 3. The van der Waals surface area contributed by atoms with Gasteiger partial charge in [0.05, 0.1) is 12.6 Å². The van der Waals surface area contributed by atoms with Crippen molar-refractivity contribution in [2.75, 3.05) is 6.61 Å². The Morgan fingerprint density at radius 3 is 2.64 bits per heavy atom. The number of rotatable bonds is 7. The van der Waals surface area contributed by atoms with E-state index in [1.807, 2.05) is 24.3 Å². The van der Waals surface area contributed by atoms with Crippen LogP contribution in [0.3, 0.4) is 0 Å². The van der Waals surface area contributed by atoms with Gasteiger partial charge in [-0.05, 0) is 56.0 Å². The van der Waals surface area contributed by atoms with Crippen LogP contribution in [-0.4, -0.2) is 24.7 Å². The van der Waals surface area contributed by atoms with Gasteiger partial charge in [0.15, 0.2) is 0 Å². The normalized spacial score (nSPS) is 21.0. The lowest BCUT2D eigenvalue weighted by Crippen LogP contribution is -2.47. The second-order valence-electron chi connectivity index (χ2n) is 5.58. The first kappa shape index (κ1) is 16.4. The van der Waals surface area contributed by atoms with Gasteiger partial charge in [0.25, 0.3) is 0 Å². The summed E-state index contributed by atoms with van der Waals surface area (Å²) in [5, 5.41) is 2.97. The molecule has 1 aliphatic rings. The number of amides is 1. The third-order valence-electron chi connectivity index (χ3n) is 3.80. The summed E-state index contributed by atoms with van der Waals surface area (Å²) in [6.07, 6.45) is 6.46. The second-order valence-corrected chi connectivity index (χ2v) is 5.58. The molecule has 0 spiro atoms. The smallest absolute Gasteiger partial charge is 0.243 e. The molecule has 2 atom stereocenters. The van der Waals surface area contributed by atoms with Gasteiger partial charge < -0.3 is 14.8 Å². The summed E-state index contributed by atoms with van der Waals surface area (Å²) in [6, 6.07) is 7.74. The molecule has 2 rings (SSSR count). The summed E-state index contributed by atoms with van der Waals surface area (Å²) in [5.74, 6) is 1.53. The third-order valence-corrected chi connectivity index (χ3v) is 3.80. The molecule has 2 unspecified atom stereocenters. The molecule has 0 saturated heterocycles. The molecular formula is C18H25NO3. The largest absolute Gasteiger partial charge is 0.494 e. The van der Waals surface area contributed by atoms with E-state index in [0.29, 0.717) is 0 Å². The molecule has 1 aliphatic carbocycles. The molecule has 1 amide bonds. The van der Waals surface area contributed by atoms with Crippen molar-refractivity contribution in [1.29, 1.82) is 0 Å². The molecule has 0 heterocycles. The van der Waals surface area contributed by atoms with E-state index in [1.165, 1.54) is 6.08 Å². The zero-order valence-electron chi connectivity index (χ0n) is 13.2. The van der Waals surface area contributed by atoms with Gasteiger partial charge in [-0.1, -0.05) is 19.9 Å². The Balaban J connectivity index is 1.94. The van der Waals surface area contributed by atoms with E-state index >= 15 is 0 Å². The van der Waals surface area contributed by atoms with Gasteiger partial charge in [-0.25, -0.2) is 0 Å². The fraction of sp³-hybridized carbons (Fsp3) is 0.500. The standard InChI is InChI=1S/C18H25NO3/c1-3-13-21-14-9-11-15(12-10-14)22-17-8-6-5-7-16(17)19-18(20)4-2/h4,9-12,16-17H,2-3,5-8,13H2,1H3,(H,19,20). The fourth-order valence-electron chi connectivity index (χ4n) is 2.65. The van der Waals surface area contributed by atoms with Crippen LogP contribution in [0.5, 0.6) is 11.5 Å². The number of carbonyl (C=O) groups excluding carboxylic acids is 1. The van der Waals surface area contributed by atoms with E-state index in [4.69, 9.17) is 9.47 Å². The summed E-state index contributed by atoms with van der Waals surface area (Å²) in [6.45, 7) is 6.30. The van der Waals surface area contributed by atoms with Crippen molar-refractivity contribution in [2.45, 2.75) is 51.2 Å². The third kappa shape index (κ3) is 4.79. The van der Waals surface area contributed by atoms with Gasteiger partial charge in [0, 0.05) is 0 Å². The van der Waals surface area contributed by atoms with Crippen LogP contribution in [0.25, 0.3) is 0 Å². The molecule has 4 nitrogen and oxygen atoms in total. The van der Waals surface area contributed by atoms with Crippen LogP contribution in [0.15, 0.2) is 36.9 Å². The quantitative estimate of drug-likeness (QED) is 0.785. The van der Waals surface area contributed by atoms with Gasteiger partial charge in [-0.15, -0.1) is 0 Å². The Morgan fingerprint density at radius 2 is 1.95 bits per heavy atom. The Labute approximate surface area is 132 Å². The Bertz CT molecular complexity index is 484. The fourth-order valence-corrected chi connectivity index (χ4v) is 2.65. The number of hydrogen-bond donors (Lipinski definition) is 1. The second kappa shape index (κ2) is 8.47. The summed E-state index contributed by atoms with van der Waals surface area (Å²) in [5.41, 5.74) is 0. The number of ether oxygens (including phenoxy) is 2. The molecule has 22 heavy (non-hydrogen) atoms. The molecule has 1 aromatic carbocycles. The van der Waals surface area contributed by atoms with Gasteiger partial charge >= 0.3 is 0 Å². The predicted molar refractivity (Wildman–Crippen MR) is 87.2 cm³/mol. The predicted octanol–water partition coefficient (Wildman–Crippen LogP) is 3.47. The zero-order chi connectivity index (χ0) is 15.8. The topological polar surface area (TPSA) is 47.6 Å². The molecule has 1 N–H and O–H groups in total. The van der Waals surface area contributed by atoms with Crippen LogP contribution in [0, 0.1) is 0 Å². The van der Waals surface area contributed by atoms with E-state index in [0.717, 1.165) is 50.2 Å². The minimum Gasteiger partial charge on any atom is -0.494 e. The van der Waals surface area contributed by atoms with Crippen LogP contribution in [0.1, 0.15) is 39.0 Å². The summed E-state index contributed by atoms with van der Waals surface area (Å²) >= 11 is 0. The van der Waals surface area contributed by atoms with Crippen LogP contribution >= 0.6 is 0 Å². The minimum atomic E-state index is -0.135. The van der Waals surface area contributed by atoms with Gasteiger partial charge in [-0.2, -0.15) is 0 Å². The molecule has 0 aromatic heterocycles. The van der Waals surface area contributed by atoms with Crippen LogP contribution in [0.2, 0.25) is 0 Å². The average molecular weight is 303 g/mol. The Kier molecular flexibility index (Phi) is 6.31. The van der Waals surface area contributed by atoms with Crippen LogP contribution < -0.4 is 14.8 Å². The Hall–Kier alpha value is -1.97. The molecule has 0 aliphatic heterocycles. The van der Waals surface area contributed by atoms with Crippen molar-refractivity contribution >= 4 is 5.91 Å². The SMILES string of the molecule is C=CC(=O)NC1CCCCC1Oc1ccc(OCCC)cc1. The zero-order valence-corrected chi connectivity index (χ0v) is 13.2. The van der Waals surface area contributed by atoms with Crippen molar-refractivity contribution in [3.8, 4) is 11.5 Å². The lowest BCUT2D eigenvalue weighted by molar-refractivity contribution is -0.118. The van der Waals surface area contributed by atoms with Gasteiger partial charge in [0.2, 0.25) is 5.91 Å². The first-order chi connectivity index (χ1) is 10.7. The van der Waals surface area contributed by atoms with Crippen LogP contribution in [0.4, 0.5) is 0 Å². The molecule has 1 fully saturated rings. The van der Waals surface area contributed by atoms with Crippen molar-refractivity contribution in [1.82, 2.24) is 5.32 Å². The number of carbonyl (C=O) groups is 1. The molecule has 0 radical (unpaired) electrons. The van der Waals surface area contributed by atoms with Crippen LogP contribution in [-0.2, 0) is 4.79 Å².